The first kappa shape index (κ1) is 16.0. The predicted octanol–water partition coefficient (Wildman–Crippen LogP) is 3.36. The van der Waals surface area contributed by atoms with Crippen LogP contribution in [0.3, 0.4) is 0 Å². The van der Waals surface area contributed by atoms with Gasteiger partial charge < -0.3 is 15.0 Å². The molecule has 4 nitrogen and oxygen atoms in total. The zero-order chi connectivity index (χ0) is 15.4. The van der Waals surface area contributed by atoms with Gasteiger partial charge in [-0.05, 0) is 37.5 Å². The lowest BCUT2D eigenvalue weighted by Crippen LogP contribution is -2.45. The van der Waals surface area contributed by atoms with Crippen LogP contribution in [0.25, 0.3) is 0 Å². The van der Waals surface area contributed by atoms with Crippen molar-refractivity contribution >= 4 is 17.7 Å². The quantitative estimate of drug-likeness (QED) is 0.930. The van der Waals surface area contributed by atoms with E-state index < -0.39 is 0 Å². The third-order valence-electron chi connectivity index (χ3n) is 3.84. The van der Waals surface area contributed by atoms with Crippen molar-refractivity contribution in [2.24, 2.45) is 0 Å². The summed E-state index contributed by atoms with van der Waals surface area (Å²) in [7, 11) is 1.39. The largest absolute Gasteiger partial charge is 0.453 e. The Morgan fingerprint density at radius 1 is 1.48 bits per heavy atom. The molecule has 0 radical (unpaired) electrons. The minimum Gasteiger partial charge on any atom is -0.453 e. The summed E-state index contributed by atoms with van der Waals surface area (Å²) < 4.78 is 17.8. The van der Waals surface area contributed by atoms with Crippen molar-refractivity contribution in [1.29, 1.82) is 0 Å². The third kappa shape index (κ3) is 4.08. The summed E-state index contributed by atoms with van der Waals surface area (Å²) in [6.45, 7) is 3.36. The lowest BCUT2D eigenvalue weighted by Gasteiger charge is -2.33. The van der Waals surface area contributed by atoms with Crippen molar-refractivity contribution in [2.45, 2.75) is 31.8 Å². The number of nitrogens with one attached hydrogen (secondary N) is 1. The number of ether oxygens (including phenoxy) is 1. The van der Waals surface area contributed by atoms with Gasteiger partial charge in [-0.25, -0.2) is 9.18 Å². The molecular weight excluding hydrogens is 295 g/mol. The number of nitrogens with zero attached hydrogens (tertiary/aromatic N) is 1. The maximum atomic E-state index is 13.1. The molecule has 1 fully saturated rings. The van der Waals surface area contributed by atoms with Crippen LogP contribution in [0, 0.1) is 5.82 Å². The van der Waals surface area contributed by atoms with E-state index in [0.717, 1.165) is 18.4 Å². The van der Waals surface area contributed by atoms with Crippen molar-refractivity contribution in [2.75, 3.05) is 20.2 Å². The number of methoxy groups -OCH3 is 1. The lowest BCUT2D eigenvalue weighted by molar-refractivity contribution is 0.109. The van der Waals surface area contributed by atoms with Gasteiger partial charge in [0, 0.05) is 30.2 Å². The van der Waals surface area contributed by atoms with Crippen LogP contribution in [0.2, 0.25) is 5.02 Å². The molecule has 1 amide bonds. The maximum Gasteiger partial charge on any atom is 0.409 e. The molecule has 1 saturated heterocycles. The van der Waals surface area contributed by atoms with Gasteiger partial charge in [-0.15, -0.1) is 0 Å². The molecule has 6 heteroatoms. The van der Waals surface area contributed by atoms with Gasteiger partial charge in [0.15, 0.2) is 0 Å². The Hall–Kier alpha value is -1.33. The van der Waals surface area contributed by atoms with Crippen molar-refractivity contribution in [3.63, 3.8) is 0 Å². The van der Waals surface area contributed by atoms with Gasteiger partial charge in [-0.2, -0.15) is 0 Å². The first-order valence-electron chi connectivity index (χ1n) is 7.05. The predicted molar refractivity (Wildman–Crippen MR) is 80.0 cm³/mol. The number of hydrogen-bond donors (Lipinski definition) is 1. The second-order valence-electron chi connectivity index (χ2n) is 5.29. The van der Waals surface area contributed by atoms with Crippen LogP contribution in [0.15, 0.2) is 18.2 Å². The lowest BCUT2D eigenvalue weighted by atomic mass is 10.0. The Balaban J connectivity index is 1.89. The second-order valence-corrected chi connectivity index (χ2v) is 5.69. The number of piperidine rings is 1. The Labute approximate surface area is 129 Å². The Morgan fingerprint density at radius 3 is 2.71 bits per heavy atom. The third-order valence-corrected chi connectivity index (χ3v) is 4.17. The van der Waals surface area contributed by atoms with E-state index in [-0.39, 0.29) is 18.0 Å². The normalized spacial score (nSPS) is 17.6. The average Bonchev–Trinajstić information content (AvgIpc) is 2.47. The molecule has 1 aromatic carbocycles. The fourth-order valence-corrected chi connectivity index (χ4v) is 2.98. The van der Waals surface area contributed by atoms with Gasteiger partial charge >= 0.3 is 6.09 Å². The fraction of sp³-hybridized carbons (Fsp3) is 0.533. The highest BCUT2D eigenvalue weighted by Crippen LogP contribution is 2.25. The number of rotatable bonds is 3. The molecule has 0 bridgehead atoms. The standard InChI is InChI=1S/C15H20ClFN2O2/c1-10(13-4-3-11(17)9-14(13)16)18-12-5-7-19(8-6-12)15(20)21-2/h3-4,9-10,12,18H,5-8H2,1-2H3. The topological polar surface area (TPSA) is 41.6 Å². The number of benzene rings is 1. The molecule has 0 aromatic heterocycles. The van der Waals surface area contributed by atoms with Gasteiger partial charge in [0.1, 0.15) is 5.82 Å². The molecule has 1 atom stereocenters. The number of carbonyl (C=O) groups is 1. The molecule has 1 aliphatic rings. The van der Waals surface area contributed by atoms with Crippen molar-refractivity contribution in [1.82, 2.24) is 10.2 Å². The SMILES string of the molecule is COC(=O)N1CCC(NC(C)c2ccc(F)cc2Cl)CC1. The summed E-state index contributed by atoms with van der Waals surface area (Å²) in [5.74, 6) is -0.331. The van der Waals surface area contributed by atoms with Crippen LogP contribution >= 0.6 is 11.6 Å². The first-order valence-corrected chi connectivity index (χ1v) is 7.43. The molecule has 1 aliphatic heterocycles. The minimum atomic E-state index is -0.331. The van der Waals surface area contributed by atoms with E-state index in [1.54, 1.807) is 11.0 Å². The summed E-state index contributed by atoms with van der Waals surface area (Å²) in [5.41, 5.74) is 0.883. The van der Waals surface area contributed by atoms with Gasteiger partial charge in [-0.3, -0.25) is 0 Å². The highest BCUT2D eigenvalue weighted by molar-refractivity contribution is 6.31. The van der Waals surface area contributed by atoms with E-state index in [0.29, 0.717) is 24.2 Å². The number of carbonyl (C=O) groups excluding carboxylic acids is 1. The van der Waals surface area contributed by atoms with Crippen LogP contribution in [-0.2, 0) is 4.74 Å². The smallest absolute Gasteiger partial charge is 0.409 e. The molecule has 0 saturated carbocycles. The Morgan fingerprint density at radius 2 is 2.14 bits per heavy atom. The van der Waals surface area contributed by atoms with Crippen molar-refractivity contribution in [3.8, 4) is 0 Å². The average molecular weight is 315 g/mol. The van der Waals surface area contributed by atoms with Crippen LogP contribution in [-0.4, -0.2) is 37.2 Å². The molecule has 1 heterocycles. The fourth-order valence-electron chi connectivity index (χ4n) is 2.65. The van der Waals surface area contributed by atoms with Crippen molar-refractivity contribution in [3.05, 3.63) is 34.6 Å². The Kier molecular flexibility index (Phi) is 5.42. The van der Waals surface area contributed by atoms with Crippen LogP contribution in [0.4, 0.5) is 9.18 Å². The summed E-state index contributed by atoms with van der Waals surface area (Å²) in [6.07, 6.45) is 1.44. The number of amides is 1. The number of likely N-dealkylation sites (tertiary alicyclic amines) is 1. The van der Waals surface area contributed by atoms with Crippen LogP contribution in [0.5, 0.6) is 0 Å². The molecule has 0 aliphatic carbocycles. The molecule has 0 spiro atoms. The monoisotopic (exact) mass is 314 g/mol. The highest BCUT2D eigenvalue weighted by Gasteiger charge is 2.24. The molecule has 21 heavy (non-hydrogen) atoms. The van der Waals surface area contributed by atoms with E-state index in [4.69, 9.17) is 16.3 Å². The highest BCUT2D eigenvalue weighted by atomic mass is 35.5. The minimum absolute atomic E-state index is 0.0350. The van der Waals surface area contributed by atoms with Gasteiger partial charge in [0.25, 0.3) is 0 Å². The first-order chi connectivity index (χ1) is 10.0. The summed E-state index contributed by atoms with van der Waals surface area (Å²) in [4.78, 5) is 13.1. The van der Waals surface area contributed by atoms with Gasteiger partial charge in [0.2, 0.25) is 0 Å². The van der Waals surface area contributed by atoms with E-state index >= 15 is 0 Å². The van der Waals surface area contributed by atoms with Crippen molar-refractivity contribution < 1.29 is 13.9 Å². The van der Waals surface area contributed by atoms with E-state index in [2.05, 4.69) is 5.32 Å². The molecule has 2 rings (SSSR count). The summed E-state index contributed by atoms with van der Waals surface area (Å²) in [5, 5.41) is 3.92. The zero-order valence-corrected chi connectivity index (χ0v) is 13.0. The number of halogens is 2. The molecule has 1 unspecified atom stereocenters. The molecule has 1 aromatic rings. The summed E-state index contributed by atoms with van der Waals surface area (Å²) >= 11 is 6.08. The second kappa shape index (κ2) is 7.09. The Bertz CT molecular complexity index is 504. The van der Waals surface area contributed by atoms with E-state index in [9.17, 15) is 9.18 Å². The molecule has 1 N–H and O–H groups in total. The van der Waals surface area contributed by atoms with E-state index in [1.807, 2.05) is 6.92 Å². The van der Waals surface area contributed by atoms with Gasteiger partial charge in [-0.1, -0.05) is 17.7 Å². The maximum absolute atomic E-state index is 13.1. The van der Waals surface area contributed by atoms with Crippen LogP contribution in [0.1, 0.15) is 31.4 Å². The summed E-state index contributed by atoms with van der Waals surface area (Å²) in [6, 6.07) is 4.79. The van der Waals surface area contributed by atoms with Crippen LogP contribution < -0.4 is 5.32 Å². The van der Waals surface area contributed by atoms with E-state index in [1.165, 1.54) is 19.2 Å². The number of hydrogen-bond acceptors (Lipinski definition) is 3. The van der Waals surface area contributed by atoms with Gasteiger partial charge in [0.05, 0.1) is 7.11 Å². The zero-order valence-electron chi connectivity index (χ0n) is 12.2. The molecular formula is C15H20ClFN2O2. The molecule has 116 valence electrons.